The van der Waals surface area contributed by atoms with Crippen LogP contribution < -0.4 is 11.2 Å². The Morgan fingerprint density at radius 1 is 1.48 bits per heavy atom. The van der Waals surface area contributed by atoms with Crippen molar-refractivity contribution < 1.29 is 23.6 Å². The Labute approximate surface area is 141 Å². The molecule has 2 unspecified atom stereocenters. The summed E-state index contributed by atoms with van der Waals surface area (Å²) in [5.74, 6) is 0. The summed E-state index contributed by atoms with van der Waals surface area (Å²) in [6.07, 6.45) is 1.30. The van der Waals surface area contributed by atoms with E-state index in [4.69, 9.17) is 14.5 Å². The second-order valence-corrected chi connectivity index (χ2v) is 5.79. The number of hydrogen-bond acceptors (Lipinski definition) is 5. The molecule has 9 nitrogen and oxygen atoms in total. The van der Waals surface area contributed by atoms with Gasteiger partial charge in [0.25, 0.3) is 5.56 Å². The SMILES string of the molecule is Cc1cn(C2CCC(COP(=O)(O)O)O2)c(=O)[nH]c1=O.[Na]. The molecule has 2 rings (SSSR count). The zero-order valence-corrected chi connectivity index (χ0v) is 14.6. The largest absolute Gasteiger partial charge is 0.469 e. The molecule has 0 amide bonds. The summed E-state index contributed by atoms with van der Waals surface area (Å²) in [5.41, 5.74) is -0.657. The second-order valence-electron chi connectivity index (χ2n) is 4.56. The van der Waals surface area contributed by atoms with Crippen LogP contribution in [0.3, 0.4) is 0 Å². The fourth-order valence-electron chi connectivity index (χ4n) is 1.99. The monoisotopic (exact) mass is 329 g/mol. The first-order chi connectivity index (χ1) is 9.26. The zero-order chi connectivity index (χ0) is 14.9. The molecular weight excluding hydrogens is 314 g/mol. The molecule has 11 heteroatoms. The molecule has 0 bridgehead atoms. The maximum absolute atomic E-state index is 11.7. The number of ether oxygens (including phenoxy) is 1. The van der Waals surface area contributed by atoms with Gasteiger partial charge in [-0.05, 0) is 19.8 Å². The standard InChI is InChI=1S/C10H15N2O7P.Na/c1-6-4-12(10(14)11-9(6)13)8-3-2-7(19-8)5-18-20(15,16)17;/h4,7-8H,2-3,5H2,1H3,(H,11,13,14)(H2,15,16,17);. The predicted molar refractivity (Wildman–Crippen MR) is 73.0 cm³/mol. The summed E-state index contributed by atoms with van der Waals surface area (Å²) in [6, 6.07) is 0. The van der Waals surface area contributed by atoms with Gasteiger partial charge in [-0.15, -0.1) is 0 Å². The van der Waals surface area contributed by atoms with Crippen LogP contribution in [0.1, 0.15) is 24.6 Å². The molecule has 1 aromatic heterocycles. The van der Waals surface area contributed by atoms with Gasteiger partial charge in [-0.1, -0.05) is 0 Å². The van der Waals surface area contributed by atoms with E-state index in [1.54, 1.807) is 6.92 Å². The Bertz CT molecular complexity index is 652. The summed E-state index contributed by atoms with van der Waals surface area (Å²) in [4.78, 5) is 42.3. The van der Waals surface area contributed by atoms with E-state index in [2.05, 4.69) is 9.51 Å². The third-order valence-corrected chi connectivity index (χ3v) is 3.46. The first kappa shape index (κ1) is 18.8. The molecule has 1 aliphatic rings. The van der Waals surface area contributed by atoms with E-state index in [1.165, 1.54) is 10.8 Å². The van der Waals surface area contributed by atoms with E-state index in [0.717, 1.165) is 0 Å². The van der Waals surface area contributed by atoms with E-state index < -0.39 is 31.4 Å². The molecule has 113 valence electrons. The van der Waals surface area contributed by atoms with Crippen molar-refractivity contribution in [2.75, 3.05) is 6.61 Å². The fraction of sp³-hybridized carbons (Fsp3) is 0.600. The van der Waals surface area contributed by atoms with Gasteiger partial charge in [0.15, 0.2) is 0 Å². The van der Waals surface area contributed by atoms with Gasteiger partial charge < -0.3 is 14.5 Å². The Balaban J connectivity index is 0.00000220. The Morgan fingerprint density at radius 2 is 2.14 bits per heavy atom. The van der Waals surface area contributed by atoms with Gasteiger partial charge in [-0.3, -0.25) is 18.9 Å². The molecule has 1 radical (unpaired) electrons. The molecule has 1 fully saturated rings. The first-order valence-corrected chi connectivity index (χ1v) is 7.47. The summed E-state index contributed by atoms with van der Waals surface area (Å²) < 4.78 is 21.7. The molecule has 3 N–H and O–H groups in total. The third-order valence-electron chi connectivity index (χ3n) is 2.97. The molecule has 0 aromatic carbocycles. The Kier molecular flexibility index (Phi) is 6.57. The molecule has 0 aliphatic carbocycles. The second kappa shape index (κ2) is 7.34. The van der Waals surface area contributed by atoms with Crippen molar-refractivity contribution >= 4 is 37.4 Å². The average Bonchev–Trinajstić information content (AvgIpc) is 2.79. The minimum atomic E-state index is -4.53. The van der Waals surface area contributed by atoms with Crippen LogP contribution in [0.4, 0.5) is 0 Å². The first-order valence-electron chi connectivity index (χ1n) is 5.94. The number of hydrogen-bond donors (Lipinski definition) is 3. The van der Waals surface area contributed by atoms with Crippen molar-refractivity contribution in [3.63, 3.8) is 0 Å². The van der Waals surface area contributed by atoms with Gasteiger partial charge >= 0.3 is 13.5 Å². The van der Waals surface area contributed by atoms with Crippen LogP contribution in [0, 0.1) is 6.92 Å². The molecule has 2 heterocycles. The quantitative estimate of drug-likeness (QED) is 0.489. The van der Waals surface area contributed by atoms with Crippen LogP contribution in [-0.2, 0) is 13.8 Å². The van der Waals surface area contributed by atoms with E-state index in [1.807, 2.05) is 0 Å². The predicted octanol–water partition coefficient (Wildman–Crippen LogP) is -0.749. The molecule has 2 atom stereocenters. The molecule has 0 saturated carbocycles. The smallest absolute Gasteiger partial charge is 0.352 e. The van der Waals surface area contributed by atoms with E-state index in [0.29, 0.717) is 18.4 Å². The number of nitrogens with zero attached hydrogens (tertiary/aromatic N) is 1. The summed E-state index contributed by atoms with van der Waals surface area (Å²) in [7, 11) is -4.53. The van der Waals surface area contributed by atoms with Gasteiger partial charge in [0, 0.05) is 41.3 Å². The number of aromatic amines is 1. The molecule has 1 aromatic rings. The summed E-state index contributed by atoms with van der Waals surface area (Å²) in [6.45, 7) is 1.32. The maximum atomic E-state index is 11.7. The van der Waals surface area contributed by atoms with Crippen LogP contribution in [0.25, 0.3) is 0 Å². The Morgan fingerprint density at radius 3 is 2.76 bits per heavy atom. The van der Waals surface area contributed by atoms with Crippen molar-refractivity contribution in [2.45, 2.75) is 32.1 Å². The minimum Gasteiger partial charge on any atom is -0.352 e. The van der Waals surface area contributed by atoms with Crippen molar-refractivity contribution in [1.82, 2.24) is 9.55 Å². The van der Waals surface area contributed by atoms with Crippen molar-refractivity contribution in [1.29, 1.82) is 0 Å². The zero-order valence-electron chi connectivity index (χ0n) is 11.7. The third kappa shape index (κ3) is 5.15. The minimum absolute atomic E-state index is 0. The molecular formula is C10H15N2NaO7P. The number of aryl methyl sites for hydroxylation is 1. The molecule has 1 saturated heterocycles. The molecule has 0 spiro atoms. The summed E-state index contributed by atoms with van der Waals surface area (Å²) in [5, 5.41) is 0. The van der Waals surface area contributed by atoms with Crippen LogP contribution in [0.15, 0.2) is 15.8 Å². The van der Waals surface area contributed by atoms with E-state index in [9.17, 15) is 14.2 Å². The number of H-pyrrole nitrogens is 1. The maximum Gasteiger partial charge on any atom is 0.469 e. The number of nitrogens with one attached hydrogen (secondary N) is 1. The van der Waals surface area contributed by atoms with Gasteiger partial charge in [0.1, 0.15) is 6.23 Å². The number of rotatable bonds is 4. The normalized spacial score (nSPS) is 22.0. The van der Waals surface area contributed by atoms with Crippen LogP contribution in [0.5, 0.6) is 0 Å². The van der Waals surface area contributed by atoms with Crippen LogP contribution in [-0.4, -0.2) is 61.6 Å². The van der Waals surface area contributed by atoms with Gasteiger partial charge in [-0.2, -0.15) is 0 Å². The van der Waals surface area contributed by atoms with Crippen LogP contribution in [0.2, 0.25) is 0 Å². The van der Waals surface area contributed by atoms with Gasteiger partial charge in [0.05, 0.1) is 12.7 Å². The molecule has 21 heavy (non-hydrogen) atoms. The number of phosphoric ester groups is 1. The average molecular weight is 329 g/mol. The number of aromatic nitrogens is 2. The van der Waals surface area contributed by atoms with Crippen LogP contribution >= 0.6 is 7.82 Å². The van der Waals surface area contributed by atoms with E-state index >= 15 is 0 Å². The van der Waals surface area contributed by atoms with E-state index in [-0.39, 0.29) is 36.2 Å². The Hall–Kier alpha value is -0.250. The number of phosphoric acid groups is 1. The van der Waals surface area contributed by atoms with Gasteiger partial charge in [-0.25, -0.2) is 9.36 Å². The fourth-order valence-corrected chi connectivity index (χ4v) is 2.35. The van der Waals surface area contributed by atoms with Gasteiger partial charge in [0.2, 0.25) is 0 Å². The van der Waals surface area contributed by atoms with Crippen molar-refractivity contribution in [3.05, 3.63) is 32.6 Å². The van der Waals surface area contributed by atoms with Crippen molar-refractivity contribution in [3.8, 4) is 0 Å². The molecule has 1 aliphatic heterocycles. The summed E-state index contributed by atoms with van der Waals surface area (Å²) >= 11 is 0. The topological polar surface area (TPSA) is 131 Å². The van der Waals surface area contributed by atoms with Crippen molar-refractivity contribution in [2.24, 2.45) is 0 Å².